The zero-order valence-corrected chi connectivity index (χ0v) is 15.0. The van der Waals surface area contributed by atoms with Crippen LogP contribution >= 0.6 is 15.9 Å². The first kappa shape index (κ1) is 16.4. The molecule has 3 aromatic rings. The Bertz CT molecular complexity index is 800. The van der Waals surface area contributed by atoms with Crippen LogP contribution in [0.1, 0.15) is 5.56 Å². The maximum Gasteiger partial charge on any atom is 0.316 e. The van der Waals surface area contributed by atoms with Crippen LogP contribution in [0.4, 0.5) is 0 Å². The number of nitrogens with zero attached hydrogens (tertiary/aromatic N) is 4. The SMILES string of the molecule is Cc1ccc(-c2cn(C)nc2OCCOc2ncc(Br)cn2)cc1. The normalized spacial score (nSPS) is 10.6. The molecule has 0 bridgehead atoms. The average Bonchev–Trinajstić information content (AvgIpc) is 2.95. The molecule has 0 aliphatic carbocycles. The highest BCUT2D eigenvalue weighted by Gasteiger charge is 2.11. The van der Waals surface area contributed by atoms with Crippen LogP contribution in [0, 0.1) is 6.92 Å². The zero-order valence-electron chi connectivity index (χ0n) is 13.4. The minimum Gasteiger partial charge on any atom is -0.473 e. The molecule has 3 rings (SSSR count). The number of hydrogen-bond donors (Lipinski definition) is 0. The van der Waals surface area contributed by atoms with Gasteiger partial charge in [-0.15, -0.1) is 5.10 Å². The summed E-state index contributed by atoms with van der Waals surface area (Å²) < 4.78 is 13.8. The second kappa shape index (κ2) is 7.44. The number of hydrogen-bond acceptors (Lipinski definition) is 5. The van der Waals surface area contributed by atoms with Crippen molar-refractivity contribution in [2.24, 2.45) is 7.05 Å². The lowest BCUT2D eigenvalue weighted by atomic mass is 10.1. The fourth-order valence-corrected chi connectivity index (χ4v) is 2.36. The van der Waals surface area contributed by atoms with Gasteiger partial charge in [0.15, 0.2) is 0 Å². The van der Waals surface area contributed by atoms with Gasteiger partial charge in [0.1, 0.15) is 13.2 Å². The van der Waals surface area contributed by atoms with Gasteiger partial charge < -0.3 is 9.47 Å². The summed E-state index contributed by atoms with van der Waals surface area (Å²) in [5, 5.41) is 4.37. The van der Waals surface area contributed by atoms with Gasteiger partial charge in [-0.25, -0.2) is 9.97 Å². The molecule has 24 heavy (non-hydrogen) atoms. The van der Waals surface area contributed by atoms with Gasteiger partial charge in [0.25, 0.3) is 0 Å². The molecule has 0 saturated heterocycles. The maximum atomic E-state index is 5.77. The Hall–Kier alpha value is -2.41. The van der Waals surface area contributed by atoms with Crippen molar-refractivity contribution in [2.75, 3.05) is 13.2 Å². The van der Waals surface area contributed by atoms with Gasteiger partial charge in [0.2, 0.25) is 5.88 Å². The van der Waals surface area contributed by atoms with Gasteiger partial charge in [0, 0.05) is 25.6 Å². The summed E-state index contributed by atoms with van der Waals surface area (Å²) in [7, 11) is 1.87. The highest BCUT2D eigenvalue weighted by molar-refractivity contribution is 9.10. The predicted molar refractivity (Wildman–Crippen MR) is 94.1 cm³/mol. The smallest absolute Gasteiger partial charge is 0.316 e. The minimum atomic E-state index is 0.321. The molecule has 0 unspecified atom stereocenters. The molecule has 0 amide bonds. The third-order valence-corrected chi connectivity index (χ3v) is 3.72. The van der Waals surface area contributed by atoms with Crippen LogP contribution in [0.5, 0.6) is 11.9 Å². The molecule has 0 atom stereocenters. The van der Waals surface area contributed by atoms with Crippen molar-refractivity contribution < 1.29 is 9.47 Å². The van der Waals surface area contributed by atoms with Crippen molar-refractivity contribution in [1.82, 2.24) is 19.7 Å². The first-order valence-corrected chi connectivity index (χ1v) is 8.25. The molecule has 0 fully saturated rings. The molecule has 2 heterocycles. The summed E-state index contributed by atoms with van der Waals surface area (Å²) in [5.41, 5.74) is 3.24. The number of aromatic nitrogens is 4. The van der Waals surface area contributed by atoms with E-state index in [2.05, 4.69) is 62.2 Å². The standard InChI is InChI=1S/C17H17BrN4O2/c1-12-3-5-13(6-4-12)15-11-22(2)21-16(15)23-7-8-24-17-19-9-14(18)10-20-17/h3-6,9-11H,7-8H2,1-2H3. The van der Waals surface area contributed by atoms with Gasteiger partial charge in [-0.1, -0.05) is 29.8 Å². The topological polar surface area (TPSA) is 62.1 Å². The molecule has 0 radical (unpaired) electrons. The molecular formula is C17H17BrN4O2. The lowest BCUT2D eigenvalue weighted by Crippen LogP contribution is -2.11. The molecule has 6 nitrogen and oxygen atoms in total. The van der Waals surface area contributed by atoms with Crippen LogP contribution in [0.15, 0.2) is 47.3 Å². The van der Waals surface area contributed by atoms with E-state index in [4.69, 9.17) is 9.47 Å². The largest absolute Gasteiger partial charge is 0.473 e. The van der Waals surface area contributed by atoms with Crippen molar-refractivity contribution in [3.8, 4) is 23.0 Å². The van der Waals surface area contributed by atoms with E-state index in [9.17, 15) is 0 Å². The second-order valence-corrected chi connectivity index (χ2v) is 6.18. The molecule has 0 N–H and O–H groups in total. The van der Waals surface area contributed by atoms with Crippen LogP contribution < -0.4 is 9.47 Å². The number of rotatable bonds is 6. The van der Waals surface area contributed by atoms with Gasteiger partial charge in [-0.2, -0.15) is 0 Å². The quantitative estimate of drug-likeness (QED) is 0.605. The van der Waals surface area contributed by atoms with E-state index in [-0.39, 0.29) is 0 Å². The van der Waals surface area contributed by atoms with Gasteiger partial charge in [0.05, 0.1) is 10.0 Å². The van der Waals surface area contributed by atoms with Gasteiger partial charge >= 0.3 is 6.01 Å². The van der Waals surface area contributed by atoms with E-state index in [0.717, 1.165) is 15.6 Å². The number of aryl methyl sites for hydroxylation is 2. The third kappa shape index (κ3) is 4.11. The summed E-state index contributed by atoms with van der Waals surface area (Å²) in [6.45, 7) is 2.76. The predicted octanol–water partition coefficient (Wildman–Crippen LogP) is 3.41. The van der Waals surface area contributed by atoms with E-state index >= 15 is 0 Å². The molecule has 124 valence electrons. The fraction of sp³-hybridized carbons (Fsp3) is 0.235. The molecule has 7 heteroatoms. The monoisotopic (exact) mass is 388 g/mol. The summed E-state index contributed by atoms with van der Waals surface area (Å²) in [6, 6.07) is 8.58. The van der Waals surface area contributed by atoms with Crippen molar-refractivity contribution in [2.45, 2.75) is 6.92 Å². The van der Waals surface area contributed by atoms with E-state index in [0.29, 0.717) is 25.1 Å². The Morgan fingerprint density at radius 2 is 1.71 bits per heavy atom. The Morgan fingerprint density at radius 3 is 2.42 bits per heavy atom. The zero-order chi connectivity index (χ0) is 16.9. The summed E-state index contributed by atoms with van der Waals surface area (Å²) in [4.78, 5) is 8.09. The minimum absolute atomic E-state index is 0.321. The van der Waals surface area contributed by atoms with Crippen LogP contribution in [-0.4, -0.2) is 33.0 Å². The van der Waals surface area contributed by atoms with Gasteiger partial charge in [-0.3, -0.25) is 4.68 Å². The lowest BCUT2D eigenvalue weighted by molar-refractivity contribution is 0.201. The van der Waals surface area contributed by atoms with E-state index in [1.54, 1.807) is 17.1 Å². The fourth-order valence-electron chi connectivity index (χ4n) is 2.15. The third-order valence-electron chi connectivity index (χ3n) is 3.31. The summed E-state index contributed by atoms with van der Waals surface area (Å²) in [6.07, 6.45) is 5.22. The molecule has 0 aliphatic rings. The van der Waals surface area contributed by atoms with Crippen molar-refractivity contribution in [3.63, 3.8) is 0 Å². The highest BCUT2D eigenvalue weighted by atomic mass is 79.9. The molecule has 0 aliphatic heterocycles. The van der Waals surface area contributed by atoms with Crippen molar-refractivity contribution in [3.05, 3.63) is 52.9 Å². The number of ether oxygens (including phenoxy) is 2. The van der Waals surface area contributed by atoms with Crippen molar-refractivity contribution in [1.29, 1.82) is 0 Å². The Balaban J connectivity index is 1.61. The molecule has 2 aromatic heterocycles. The molecule has 0 spiro atoms. The molecular weight excluding hydrogens is 372 g/mol. The Morgan fingerprint density at radius 1 is 1.04 bits per heavy atom. The van der Waals surface area contributed by atoms with E-state index < -0.39 is 0 Å². The van der Waals surface area contributed by atoms with E-state index in [1.165, 1.54) is 5.56 Å². The Kier molecular flexibility index (Phi) is 5.10. The van der Waals surface area contributed by atoms with Crippen LogP contribution in [0.2, 0.25) is 0 Å². The van der Waals surface area contributed by atoms with Crippen LogP contribution in [0.3, 0.4) is 0 Å². The summed E-state index contributed by atoms with van der Waals surface area (Å²) >= 11 is 3.28. The Labute approximate surface area is 148 Å². The van der Waals surface area contributed by atoms with Gasteiger partial charge in [-0.05, 0) is 28.4 Å². The summed E-state index contributed by atoms with van der Waals surface area (Å²) in [5.74, 6) is 0.585. The van der Waals surface area contributed by atoms with E-state index in [1.807, 2.05) is 13.2 Å². The van der Waals surface area contributed by atoms with Crippen molar-refractivity contribution >= 4 is 15.9 Å². The second-order valence-electron chi connectivity index (χ2n) is 5.27. The lowest BCUT2D eigenvalue weighted by Gasteiger charge is -2.07. The first-order valence-electron chi connectivity index (χ1n) is 7.45. The highest BCUT2D eigenvalue weighted by Crippen LogP contribution is 2.28. The number of benzene rings is 1. The van der Waals surface area contributed by atoms with Crippen LogP contribution in [-0.2, 0) is 7.05 Å². The maximum absolute atomic E-state index is 5.77. The van der Waals surface area contributed by atoms with Crippen LogP contribution in [0.25, 0.3) is 11.1 Å². The molecule has 0 saturated carbocycles. The number of halogens is 1. The average molecular weight is 389 g/mol. The molecule has 1 aromatic carbocycles. The first-order chi connectivity index (χ1) is 11.6.